The van der Waals surface area contributed by atoms with Crippen LogP contribution in [0.25, 0.3) is 0 Å². The first-order valence-electron chi connectivity index (χ1n) is 8.73. The van der Waals surface area contributed by atoms with Crippen molar-refractivity contribution in [2.75, 3.05) is 23.9 Å². The molecule has 0 aliphatic carbocycles. The average molecular weight is 411 g/mol. The maximum Gasteiger partial charge on any atom is 0.247 e. The number of nitrogens with zero attached hydrogens (tertiary/aromatic N) is 4. The Hall–Kier alpha value is -3.33. The molecule has 8 nitrogen and oxygen atoms in total. The minimum absolute atomic E-state index is 0.0528. The number of anilines is 2. The molecule has 1 N–H and O–H groups in total. The predicted molar refractivity (Wildman–Crippen MR) is 112 cm³/mol. The maximum absolute atomic E-state index is 12.7. The second-order valence-electron chi connectivity index (χ2n) is 6.49. The second-order valence-corrected chi connectivity index (χ2v) is 7.66. The fraction of sp³-hybridized carbons (Fsp3) is 0.200. The van der Waals surface area contributed by atoms with Crippen molar-refractivity contribution >= 4 is 46.4 Å². The van der Waals surface area contributed by atoms with Gasteiger partial charge in [0.1, 0.15) is 5.75 Å². The van der Waals surface area contributed by atoms with Crippen LogP contribution in [0.1, 0.15) is 12.0 Å². The number of carboxylic acid groups (broad SMARTS) is 1. The van der Waals surface area contributed by atoms with Crippen LogP contribution in [0.5, 0.6) is 5.75 Å². The smallest absolute Gasteiger partial charge is 0.247 e. The zero-order chi connectivity index (χ0) is 21.0. The predicted octanol–water partition coefficient (Wildman–Crippen LogP) is 1.44. The third kappa shape index (κ3) is 4.94. The Morgan fingerprint density at radius 3 is 2.45 bits per heavy atom. The summed E-state index contributed by atoms with van der Waals surface area (Å²) in [5.41, 5.74) is 2.34. The van der Waals surface area contributed by atoms with Crippen LogP contribution in [-0.4, -0.2) is 47.7 Å². The van der Waals surface area contributed by atoms with Gasteiger partial charge in [-0.2, -0.15) is 5.10 Å². The second kappa shape index (κ2) is 8.78. The van der Waals surface area contributed by atoms with Gasteiger partial charge >= 0.3 is 0 Å². The first-order chi connectivity index (χ1) is 13.8. The minimum atomic E-state index is -1.31. The molecule has 0 saturated carbocycles. The highest BCUT2D eigenvalue weighted by Gasteiger charge is 2.39. The van der Waals surface area contributed by atoms with Crippen molar-refractivity contribution in [1.82, 2.24) is 0 Å². The van der Waals surface area contributed by atoms with E-state index in [2.05, 4.69) is 10.2 Å². The number of carbonyl (C=O) groups excluding carboxylic acids is 2. The quantitative estimate of drug-likeness (QED) is 0.569. The van der Waals surface area contributed by atoms with Gasteiger partial charge in [0.05, 0.1) is 17.2 Å². The molecule has 1 heterocycles. The van der Waals surface area contributed by atoms with Crippen molar-refractivity contribution in [3.05, 3.63) is 54.1 Å². The fourth-order valence-electron chi connectivity index (χ4n) is 2.66. The fourth-order valence-corrected chi connectivity index (χ4v) is 3.74. The summed E-state index contributed by atoms with van der Waals surface area (Å²) in [6.07, 6.45) is 1.13. The summed E-state index contributed by atoms with van der Waals surface area (Å²) in [6, 6.07) is 13.6. The van der Waals surface area contributed by atoms with E-state index in [1.54, 1.807) is 18.3 Å². The number of hydrogen-bond acceptors (Lipinski definition) is 8. The number of hydrogen-bond donors (Lipinski definition) is 1. The zero-order valence-corrected chi connectivity index (χ0v) is 16.7. The lowest BCUT2D eigenvalue weighted by Gasteiger charge is -2.16. The summed E-state index contributed by atoms with van der Waals surface area (Å²) in [6.45, 7) is 0. The zero-order valence-electron chi connectivity index (χ0n) is 15.8. The van der Waals surface area contributed by atoms with Crippen molar-refractivity contribution < 1.29 is 19.8 Å². The molecule has 29 heavy (non-hydrogen) atoms. The molecule has 2 aromatic carbocycles. The van der Waals surface area contributed by atoms with Gasteiger partial charge in [0.2, 0.25) is 5.91 Å². The minimum Gasteiger partial charge on any atom is -0.550 e. The Balaban J connectivity index is 1.85. The number of amidine groups is 1. The molecule has 1 aliphatic heterocycles. The van der Waals surface area contributed by atoms with Crippen molar-refractivity contribution in [1.29, 1.82) is 0 Å². The molecule has 0 aromatic heterocycles. The van der Waals surface area contributed by atoms with Gasteiger partial charge in [-0.05, 0) is 42.0 Å². The highest BCUT2D eigenvalue weighted by atomic mass is 32.2. The molecule has 150 valence electrons. The molecule has 1 amide bonds. The maximum atomic E-state index is 12.7. The molecule has 1 fully saturated rings. The molecular weight excluding hydrogens is 392 g/mol. The Labute approximate surface area is 172 Å². The molecule has 0 spiro atoms. The third-order valence-electron chi connectivity index (χ3n) is 4.15. The van der Waals surface area contributed by atoms with E-state index in [-0.39, 0.29) is 10.9 Å². The number of carboxylic acids is 1. The molecule has 9 heteroatoms. The van der Waals surface area contributed by atoms with Gasteiger partial charge in [0.15, 0.2) is 5.17 Å². The Morgan fingerprint density at radius 1 is 1.21 bits per heavy atom. The van der Waals surface area contributed by atoms with Crippen molar-refractivity contribution in [2.24, 2.45) is 10.2 Å². The van der Waals surface area contributed by atoms with Crippen LogP contribution < -0.4 is 14.9 Å². The first kappa shape index (κ1) is 20.4. The topological polar surface area (TPSA) is 109 Å². The Bertz CT molecular complexity index is 955. The summed E-state index contributed by atoms with van der Waals surface area (Å²) < 4.78 is 0. The van der Waals surface area contributed by atoms with Gasteiger partial charge in [0, 0.05) is 32.2 Å². The van der Waals surface area contributed by atoms with Crippen molar-refractivity contribution in [3.63, 3.8) is 0 Å². The van der Waals surface area contributed by atoms with Crippen LogP contribution in [0.4, 0.5) is 11.4 Å². The SMILES string of the molecule is CN(C)c1ccc(/C=N\N=C2/S[C@@H](CC(=O)[O-])C(=O)N2c2ccc(O)cc2)cc1. The molecular formula is C20H19N4O4S-. The van der Waals surface area contributed by atoms with E-state index in [1.807, 2.05) is 43.3 Å². The van der Waals surface area contributed by atoms with E-state index < -0.39 is 23.5 Å². The van der Waals surface area contributed by atoms with E-state index in [0.717, 1.165) is 23.0 Å². The molecule has 1 aliphatic rings. The number of thioether (sulfide) groups is 1. The molecule has 0 bridgehead atoms. The third-order valence-corrected chi connectivity index (χ3v) is 5.28. The highest BCUT2D eigenvalue weighted by Crippen LogP contribution is 2.34. The summed E-state index contributed by atoms with van der Waals surface area (Å²) in [4.78, 5) is 26.9. The number of carbonyl (C=O) groups is 2. The largest absolute Gasteiger partial charge is 0.550 e. The molecule has 0 radical (unpaired) electrons. The summed E-state index contributed by atoms with van der Waals surface area (Å²) in [5, 5.41) is 28.0. The monoisotopic (exact) mass is 411 g/mol. The van der Waals surface area contributed by atoms with E-state index in [1.165, 1.54) is 17.0 Å². The number of rotatable bonds is 6. The highest BCUT2D eigenvalue weighted by molar-refractivity contribution is 8.16. The van der Waals surface area contributed by atoms with Gasteiger partial charge < -0.3 is 19.9 Å². The lowest BCUT2D eigenvalue weighted by molar-refractivity contribution is -0.305. The van der Waals surface area contributed by atoms with E-state index >= 15 is 0 Å². The molecule has 0 unspecified atom stereocenters. The van der Waals surface area contributed by atoms with Gasteiger partial charge in [-0.25, -0.2) is 0 Å². The van der Waals surface area contributed by atoms with Crippen molar-refractivity contribution in [3.8, 4) is 5.75 Å². The summed E-state index contributed by atoms with van der Waals surface area (Å²) in [5.74, 6) is -1.68. The number of amides is 1. The number of aromatic hydroxyl groups is 1. The number of aliphatic carboxylic acids is 1. The molecule has 1 saturated heterocycles. The van der Waals surface area contributed by atoms with E-state index in [0.29, 0.717) is 5.69 Å². The normalized spacial score (nSPS) is 18.0. The Morgan fingerprint density at radius 2 is 1.86 bits per heavy atom. The summed E-state index contributed by atoms with van der Waals surface area (Å²) >= 11 is 1.02. The van der Waals surface area contributed by atoms with Crippen LogP contribution in [-0.2, 0) is 9.59 Å². The molecule has 1 atom stereocenters. The van der Waals surface area contributed by atoms with Crippen molar-refractivity contribution in [2.45, 2.75) is 11.7 Å². The molecule has 3 rings (SSSR count). The van der Waals surface area contributed by atoms with Gasteiger partial charge in [-0.3, -0.25) is 9.69 Å². The molecule has 2 aromatic rings. The summed E-state index contributed by atoms with van der Waals surface area (Å²) in [7, 11) is 3.90. The van der Waals surface area contributed by atoms with Crippen LogP contribution in [0.15, 0.2) is 58.7 Å². The lowest BCUT2D eigenvalue weighted by Crippen LogP contribution is -2.35. The number of phenols is 1. The first-order valence-corrected chi connectivity index (χ1v) is 9.61. The number of phenolic OH excluding ortho intramolecular Hbond substituents is 1. The van der Waals surface area contributed by atoms with Crippen LogP contribution in [0.3, 0.4) is 0 Å². The Kier molecular flexibility index (Phi) is 6.18. The average Bonchev–Trinajstić information content (AvgIpc) is 2.98. The van der Waals surface area contributed by atoms with Gasteiger partial charge in [0.25, 0.3) is 0 Å². The van der Waals surface area contributed by atoms with E-state index in [9.17, 15) is 19.8 Å². The van der Waals surface area contributed by atoms with Crippen LogP contribution in [0.2, 0.25) is 0 Å². The van der Waals surface area contributed by atoms with Gasteiger partial charge in [-0.15, -0.1) is 5.10 Å². The van der Waals surface area contributed by atoms with Crippen LogP contribution in [0, 0.1) is 0 Å². The van der Waals surface area contributed by atoms with Crippen LogP contribution >= 0.6 is 11.8 Å². The lowest BCUT2D eigenvalue weighted by atomic mass is 10.2. The van der Waals surface area contributed by atoms with E-state index in [4.69, 9.17) is 0 Å². The number of benzene rings is 2. The standard InChI is InChI=1S/C20H20N4O4S/c1-23(2)14-5-3-13(4-6-14)12-21-22-20-24(15-7-9-16(25)10-8-15)19(28)17(29-20)11-18(26)27/h3-10,12,17,25H,11H2,1-2H3,(H,26,27)/p-1/b21-12-,22-20-/t17-/m0/s1. The van der Waals surface area contributed by atoms with Gasteiger partial charge in [-0.1, -0.05) is 23.9 Å².